The van der Waals surface area contributed by atoms with Crippen molar-refractivity contribution >= 4 is 5.97 Å². The van der Waals surface area contributed by atoms with Gasteiger partial charge in [0, 0.05) is 18.6 Å². The predicted octanol–water partition coefficient (Wildman–Crippen LogP) is 4.00. The normalized spacial score (nSPS) is 10.7. The molecule has 0 spiro atoms. The minimum atomic E-state index is -0.381. The molecule has 0 aliphatic rings. The average Bonchev–Trinajstić information content (AvgIpc) is 2.76. The Morgan fingerprint density at radius 2 is 1.89 bits per heavy atom. The number of carbonyl (C=O) groups excluding carboxylic acids is 1. The highest BCUT2D eigenvalue weighted by atomic mass is 16.6. The third-order valence-corrected chi connectivity index (χ3v) is 2.67. The lowest BCUT2D eigenvalue weighted by Gasteiger charge is -2.10. The first-order valence-electron chi connectivity index (χ1n) is 5.95. The van der Waals surface area contributed by atoms with Crippen LogP contribution in [0.15, 0.2) is 40.8 Å². The zero-order valence-corrected chi connectivity index (χ0v) is 10.8. The molecule has 0 saturated carbocycles. The molecular formula is C15H16O3. The standard InChI is InChI=1S/C15H16O3/c1-10(2)12-6-4-5-7-13(12)14-8-9-15(18-14)17-11(3)16/h4-10H,1-3H3. The van der Waals surface area contributed by atoms with E-state index in [9.17, 15) is 4.79 Å². The lowest BCUT2D eigenvalue weighted by atomic mass is 9.96. The van der Waals surface area contributed by atoms with Gasteiger partial charge in [0.15, 0.2) is 0 Å². The molecule has 2 aromatic rings. The van der Waals surface area contributed by atoms with E-state index in [1.165, 1.54) is 12.5 Å². The van der Waals surface area contributed by atoms with E-state index < -0.39 is 0 Å². The minimum absolute atomic E-state index is 0.232. The Labute approximate surface area is 106 Å². The third-order valence-electron chi connectivity index (χ3n) is 2.67. The zero-order chi connectivity index (χ0) is 13.1. The molecule has 0 fully saturated rings. The SMILES string of the molecule is CC(=O)Oc1ccc(-c2ccccc2C(C)C)o1. The van der Waals surface area contributed by atoms with Crippen LogP contribution in [-0.4, -0.2) is 5.97 Å². The Kier molecular flexibility index (Phi) is 3.51. The molecule has 1 aromatic heterocycles. The predicted molar refractivity (Wildman–Crippen MR) is 69.5 cm³/mol. The fourth-order valence-electron chi connectivity index (χ4n) is 1.89. The van der Waals surface area contributed by atoms with Crippen LogP contribution >= 0.6 is 0 Å². The molecule has 0 aliphatic heterocycles. The number of esters is 1. The van der Waals surface area contributed by atoms with Crippen LogP contribution in [0, 0.1) is 0 Å². The topological polar surface area (TPSA) is 39.4 Å². The van der Waals surface area contributed by atoms with Crippen molar-refractivity contribution in [3.8, 4) is 17.3 Å². The van der Waals surface area contributed by atoms with Crippen LogP contribution in [0.1, 0.15) is 32.3 Å². The van der Waals surface area contributed by atoms with Gasteiger partial charge in [-0.05, 0) is 17.5 Å². The summed E-state index contributed by atoms with van der Waals surface area (Å²) in [5, 5.41) is 0. The van der Waals surface area contributed by atoms with Crippen molar-refractivity contribution in [3.05, 3.63) is 42.0 Å². The molecule has 0 amide bonds. The first-order chi connectivity index (χ1) is 8.58. The van der Waals surface area contributed by atoms with Gasteiger partial charge in [-0.1, -0.05) is 38.1 Å². The van der Waals surface area contributed by atoms with Crippen LogP contribution in [0.25, 0.3) is 11.3 Å². The monoisotopic (exact) mass is 244 g/mol. The fourth-order valence-corrected chi connectivity index (χ4v) is 1.89. The summed E-state index contributed by atoms with van der Waals surface area (Å²) in [6.45, 7) is 5.62. The fraction of sp³-hybridized carbons (Fsp3) is 0.267. The van der Waals surface area contributed by atoms with Gasteiger partial charge in [0.25, 0.3) is 5.95 Å². The molecule has 0 N–H and O–H groups in total. The van der Waals surface area contributed by atoms with Crippen LogP contribution in [-0.2, 0) is 4.79 Å². The highest BCUT2D eigenvalue weighted by molar-refractivity contribution is 5.69. The average molecular weight is 244 g/mol. The van der Waals surface area contributed by atoms with E-state index in [-0.39, 0.29) is 11.9 Å². The third kappa shape index (κ3) is 2.62. The quantitative estimate of drug-likeness (QED) is 0.766. The van der Waals surface area contributed by atoms with E-state index in [1.807, 2.05) is 24.3 Å². The number of benzene rings is 1. The molecule has 0 radical (unpaired) electrons. The van der Waals surface area contributed by atoms with Crippen LogP contribution in [0.4, 0.5) is 0 Å². The maximum atomic E-state index is 10.9. The first-order valence-corrected chi connectivity index (χ1v) is 5.95. The summed E-state index contributed by atoms with van der Waals surface area (Å²) in [6.07, 6.45) is 0. The van der Waals surface area contributed by atoms with Crippen molar-refractivity contribution in [1.82, 2.24) is 0 Å². The summed E-state index contributed by atoms with van der Waals surface area (Å²) in [5.74, 6) is 0.975. The van der Waals surface area contributed by atoms with Gasteiger partial charge >= 0.3 is 5.97 Å². The number of hydrogen-bond donors (Lipinski definition) is 0. The number of ether oxygens (including phenoxy) is 1. The zero-order valence-electron chi connectivity index (χ0n) is 10.8. The van der Waals surface area contributed by atoms with E-state index in [0.29, 0.717) is 5.92 Å². The molecule has 3 nitrogen and oxygen atoms in total. The molecule has 0 aliphatic carbocycles. The molecule has 18 heavy (non-hydrogen) atoms. The minimum Gasteiger partial charge on any atom is -0.425 e. The Morgan fingerprint density at radius 1 is 1.17 bits per heavy atom. The second-order valence-electron chi connectivity index (χ2n) is 4.45. The lowest BCUT2D eigenvalue weighted by Crippen LogP contribution is -1.99. The van der Waals surface area contributed by atoms with E-state index in [4.69, 9.17) is 9.15 Å². The van der Waals surface area contributed by atoms with E-state index in [0.717, 1.165) is 11.3 Å². The number of hydrogen-bond acceptors (Lipinski definition) is 3. The van der Waals surface area contributed by atoms with Gasteiger partial charge in [-0.2, -0.15) is 0 Å². The number of carbonyl (C=O) groups is 1. The smallest absolute Gasteiger partial charge is 0.310 e. The van der Waals surface area contributed by atoms with Crippen molar-refractivity contribution in [3.63, 3.8) is 0 Å². The van der Waals surface area contributed by atoms with Gasteiger partial charge in [-0.25, -0.2) is 0 Å². The van der Waals surface area contributed by atoms with Gasteiger partial charge < -0.3 is 9.15 Å². The molecule has 3 heteroatoms. The second kappa shape index (κ2) is 5.08. The molecule has 2 rings (SSSR count). The van der Waals surface area contributed by atoms with Crippen molar-refractivity contribution < 1.29 is 13.9 Å². The molecule has 0 bridgehead atoms. The van der Waals surface area contributed by atoms with Crippen LogP contribution < -0.4 is 4.74 Å². The summed E-state index contributed by atoms with van der Waals surface area (Å²) < 4.78 is 10.4. The summed E-state index contributed by atoms with van der Waals surface area (Å²) >= 11 is 0. The Balaban J connectivity index is 2.37. The van der Waals surface area contributed by atoms with Crippen molar-refractivity contribution in [2.24, 2.45) is 0 Å². The van der Waals surface area contributed by atoms with Crippen LogP contribution in [0.3, 0.4) is 0 Å². The van der Waals surface area contributed by atoms with Crippen molar-refractivity contribution in [2.45, 2.75) is 26.7 Å². The molecule has 1 heterocycles. The van der Waals surface area contributed by atoms with Gasteiger partial charge in [0.1, 0.15) is 5.76 Å². The lowest BCUT2D eigenvalue weighted by molar-refractivity contribution is -0.133. The maximum absolute atomic E-state index is 10.9. The summed E-state index contributed by atoms with van der Waals surface area (Å²) in [7, 11) is 0. The maximum Gasteiger partial charge on any atom is 0.310 e. The first kappa shape index (κ1) is 12.4. The van der Waals surface area contributed by atoms with Crippen molar-refractivity contribution in [1.29, 1.82) is 0 Å². The number of furan rings is 1. The molecule has 0 unspecified atom stereocenters. The Hall–Kier alpha value is -2.03. The highest BCUT2D eigenvalue weighted by Crippen LogP contribution is 2.32. The van der Waals surface area contributed by atoms with Gasteiger partial charge in [0.2, 0.25) is 0 Å². The summed E-state index contributed by atoms with van der Waals surface area (Å²) in [4.78, 5) is 10.9. The van der Waals surface area contributed by atoms with Crippen LogP contribution in [0.2, 0.25) is 0 Å². The van der Waals surface area contributed by atoms with E-state index in [1.54, 1.807) is 6.07 Å². The van der Waals surface area contributed by atoms with Gasteiger partial charge in [0.05, 0.1) is 0 Å². The summed E-state index contributed by atoms with van der Waals surface area (Å²) in [5.41, 5.74) is 2.24. The Bertz CT molecular complexity index is 552. The molecule has 0 saturated heterocycles. The molecular weight excluding hydrogens is 228 g/mol. The largest absolute Gasteiger partial charge is 0.425 e. The molecule has 1 aromatic carbocycles. The second-order valence-corrected chi connectivity index (χ2v) is 4.45. The van der Waals surface area contributed by atoms with Gasteiger partial charge in [-0.15, -0.1) is 0 Å². The molecule has 94 valence electrons. The van der Waals surface area contributed by atoms with E-state index >= 15 is 0 Å². The van der Waals surface area contributed by atoms with E-state index in [2.05, 4.69) is 19.9 Å². The van der Waals surface area contributed by atoms with Gasteiger partial charge in [-0.3, -0.25) is 4.79 Å². The highest BCUT2D eigenvalue weighted by Gasteiger charge is 2.12. The molecule has 0 atom stereocenters. The van der Waals surface area contributed by atoms with Crippen LogP contribution in [0.5, 0.6) is 5.95 Å². The Morgan fingerprint density at radius 3 is 2.56 bits per heavy atom. The number of rotatable bonds is 3. The summed E-state index contributed by atoms with van der Waals surface area (Å²) in [6, 6.07) is 11.5. The van der Waals surface area contributed by atoms with Crippen molar-refractivity contribution in [2.75, 3.05) is 0 Å².